The van der Waals surface area contributed by atoms with Crippen molar-refractivity contribution in [2.24, 2.45) is 0 Å². The van der Waals surface area contributed by atoms with Crippen LogP contribution < -0.4 is 0 Å². The lowest BCUT2D eigenvalue weighted by Gasteiger charge is -2.33. The van der Waals surface area contributed by atoms with Crippen molar-refractivity contribution in [1.29, 1.82) is 0 Å². The van der Waals surface area contributed by atoms with Gasteiger partial charge in [0, 0.05) is 17.7 Å². The second-order valence-corrected chi connectivity index (χ2v) is 7.05. The zero-order valence-corrected chi connectivity index (χ0v) is 15.7. The maximum absolute atomic E-state index is 13.1. The van der Waals surface area contributed by atoms with Crippen LogP contribution >= 0.6 is 0 Å². The Kier molecular flexibility index (Phi) is 5.27. The lowest BCUT2D eigenvalue weighted by atomic mass is 10.00. The molecule has 0 aliphatic carbocycles. The topological polar surface area (TPSA) is 59.2 Å². The van der Waals surface area contributed by atoms with E-state index in [1.807, 2.05) is 0 Å². The van der Waals surface area contributed by atoms with Crippen LogP contribution in [0.3, 0.4) is 0 Å². The first-order valence-electron chi connectivity index (χ1n) is 9.41. The van der Waals surface area contributed by atoms with Crippen molar-refractivity contribution in [2.45, 2.75) is 31.5 Å². The highest BCUT2D eigenvalue weighted by Crippen LogP contribution is 2.33. The molecule has 1 aliphatic heterocycles. The molecule has 4 rings (SSSR count). The summed E-state index contributed by atoms with van der Waals surface area (Å²) in [5.74, 6) is -0.259. The Bertz CT molecular complexity index is 1030. The van der Waals surface area contributed by atoms with Gasteiger partial charge in [0.15, 0.2) is 0 Å². The Balaban J connectivity index is 1.57. The third-order valence-corrected chi connectivity index (χ3v) is 5.05. The number of halogens is 4. The zero-order chi connectivity index (χ0) is 21.3. The van der Waals surface area contributed by atoms with E-state index in [1.54, 1.807) is 4.90 Å². The largest absolute Gasteiger partial charge is 0.416 e. The number of amides is 1. The predicted molar refractivity (Wildman–Crippen MR) is 98.8 cm³/mol. The number of aromatic nitrogens is 2. The van der Waals surface area contributed by atoms with Gasteiger partial charge in [0.1, 0.15) is 11.9 Å². The van der Waals surface area contributed by atoms with Crippen LogP contribution in [0.2, 0.25) is 0 Å². The van der Waals surface area contributed by atoms with Gasteiger partial charge in [-0.1, -0.05) is 5.16 Å². The van der Waals surface area contributed by atoms with E-state index < -0.39 is 23.7 Å². The number of alkyl halides is 3. The quantitative estimate of drug-likeness (QED) is 0.544. The van der Waals surface area contributed by atoms with E-state index in [0.29, 0.717) is 18.5 Å². The second kappa shape index (κ2) is 7.89. The molecule has 1 aliphatic rings. The highest BCUT2D eigenvalue weighted by atomic mass is 19.4. The summed E-state index contributed by atoms with van der Waals surface area (Å²) in [4.78, 5) is 18.9. The zero-order valence-electron chi connectivity index (χ0n) is 15.7. The Morgan fingerprint density at radius 1 is 1.03 bits per heavy atom. The van der Waals surface area contributed by atoms with Crippen LogP contribution in [0, 0.1) is 5.82 Å². The van der Waals surface area contributed by atoms with Gasteiger partial charge >= 0.3 is 6.18 Å². The smallest absolute Gasteiger partial charge is 0.337 e. The SMILES string of the molecule is O=C(c1ccc(C(F)(F)F)cc1)N1CCCCC1c1nc(-c2ccc(F)cc2)no1. The number of likely N-dealkylation sites (tertiary alicyclic amines) is 1. The summed E-state index contributed by atoms with van der Waals surface area (Å²) in [7, 11) is 0. The third-order valence-electron chi connectivity index (χ3n) is 5.05. The minimum atomic E-state index is -4.46. The van der Waals surface area contributed by atoms with Gasteiger partial charge in [-0.15, -0.1) is 0 Å². The van der Waals surface area contributed by atoms with Crippen LogP contribution in [0.1, 0.15) is 47.1 Å². The van der Waals surface area contributed by atoms with E-state index >= 15 is 0 Å². The number of carbonyl (C=O) groups is 1. The van der Waals surface area contributed by atoms with E-state index in [1.165, 1.54) is 36.4 Å². The van der Waals surface area contributed by atoms with Crippen molar-refractivity contribution in [3.63, 3.8) is 0 Å². The molecule has 1 aromatic heterocycles. The van der Waals surface area contributed by atoms with E-state index in [4.69, 9.17) is 4.52 Å². The maximum atomic E-state index is 13.1. The normalized spacial score (nSPS) is 17.2. The predicted octanol–water partition coefficient (Wildman–Crippen LogP) is 5.26. The minimum Gasteiger partial charge on any atom is -0.337 e. The second-order valence-electron chi connectivity index (χ2n) is 7.05. The van der Waals surface area contributed by atoms with Crippen molar-refractivity contribution in [2.75, 3.05) is 6.54 Å². The Labute approximate surface area is 169 Å². The molecular formula is C21H17F4N3O2. The van der Waals surface area contributed by atoms with Crippen LogP contribution in [0.25, 0.3) is 11.4 Å². The van der Waals surface area contributed by atoms with Gasteiger partial charge in [-0.25, -0.2) is 4.39 Å². The highest BCUT2D eigenvalue weighted by molar-refractivity contribution is 5.94. The lowest BCUT2D eigenvalue weighted by Crippen LogP contribution is -2.38. The van der Waals surface area contributed by atoms with Crippen LogP contribution in [0.5, 0.6) is 0 Å². The number of hydrogen-bond acceptors (Lipinski definition) is 4. The van der Waals surface area contributed by atoms with Crippen molar-refractivity contribution in [3.8, 4) is 11.4 Å². The van der Waals surface area contributed by atoms with Gasteiger partial charge < -0.3 is 9.42 Å². The number of piperidine rings is 1. The molecule has 1 unspecified atom stereocenters. The summed E-state index contributed by atoms with van der Waals surface area (Å²) in [5, 5.41) is 3.92. The first-order valence-corrected chi connectivity index (χ1v) is 9.41. The van der Waals surface area contributed by atoms with Crippen molar-refractivity contribution >= 4 is 5.91 Å². The molecule has 2 heterocycles. The Morgan fingerprint density at radius 3 is 2.40 bits per heavy atom. The molecule has 0 bridgehead atoms. The van der Waals surface area contributed by atoms with Gasteiger partial charge in [-0.3, -0.25) is 4.79 Å². The summed E-state index contributed by atoms with van der Waals surface area (Å²) in [5.41, 5.74) is -0.0777. The highest BCUT2D eigenvalue weighted by Gasteiger charge is 2.34. The average Bonchev–Trinajstić information content (AvgIpc) is 3.23. The summed E-state index contributed by atoms with van der Waals surface area (Å²) >= 11 is 0. The standard InChI is InChI=1S/C21H17F4N3O2/c22-16-10-6-13(7-11-16)18-26-19(30-27-18)17-3-1-2-12-28(17)20(29)14-4-8-15(9-5-14)21(23,24)25/h4-11,17H,1-3,12H2. The first-order chi connectivity index (χ1) is 14.3. The molecule has 9 heteroatoms. The summed E-state index contributed by atoms with van der Waals surface area (Å²) in [6, 6.07) is 9.28. The van der Waals surface area contributed by atoms with Gasteiger partial charge in [0.05, 0.1) is 5.56 Å². The molecule has 0 spiro atoms. The van der Waals surface area contributed by atoms with E-state index in [0.717, 1.165) is 25.0 Å². The van der Waals surface area contributed by atoms with Crippen LogP contribution in [-0.2, 0) is 6.18 Å². The van der Waals surface area contributed by atoms with E-state index in [-0.39, 0.29) is 23.1 Å². The number of hydrogen-bond donors (Lipinski definition) is 0. The fraction of sp³-hybridized carbons (Fsp3) is 0.286. The molecule has 30 heavy (non-hydrogen) atoms. The monoisotopic (exact) mass is 419 g/mol. The number of nitrogens with zero attached hydrogens (tertiary/aromatic N) is 3. The minimum absolute atomic E-state index is 0.160. The number of rotatable bonds is 3. The molecule has 0 radical (unpaired) electrons. The first kappa shape index (κ1) is 20.1. The van der Waals surface area contributed by atoms with E-state index in [2.05, 4.69) is 10.1 Å². The van der Waals surface area contributed by atoms with Crippen LogP contribution in [0.15, 0.2) is 53.1 Å². The maximum Gasteiger partial charge on any atom is 0.416 e. The summed E-state index contributed by atoms with van der Waals surface area (Å²) in [6.45, 7) is 0.429. The molecule has 2 aromatic carbocycles. The van der Waals surface area contributed by atoms with Gasteiger partial charge in [0.2, 0.25) is 11.7 Å². The van der Waals surface area contributed by atoms with Crippen LogP contribution in [-0.4, -0.2) is 27.5 Å². The molecule has 0 N–H and O–H groups in total. The van der Waals surface area contributed by atoms with E-state index in [9.17, 15) is 22.4 Å². The van der Waals surface area contributed by atoms with Gasteiger partial charge in [-0.05, 0) is 67.8 Å². The third kappa shape index (κ3) is 4.05. The summed E-state index contributed by atoms with van der Waals surface area (Å²) < 4.78 is 56.8. The molecule has 5 nitrogen and oxygen atoms in total. The molecule has 156 valence electrons. The average molecular weight is 419 g/mol. The molecular weight excluding hydrogens is 402 g/mol. The Morgan fingerprint density at radius 2 is 1.73 bits per heavy atom. The number of benzene rings is 2. The molecule has 3 aromatic rings. The molecule has 1 fully saturated rings. The number of carbonyl (C=O) groups excluding carboxylic acids is 1. The van der Waals surface area contributed by atoms with Crippen molar-refractivity contribution in [3.05, 3.63) is 71.4 Å². The lowest BCUT2D eigenvalue weighted by molar-refractivity contribution is -0.137. The summed E-state index contributed by atoms with van der Waals surface area (Å²) in [6.07, 6.45) is -2.26. The molecule has 1 saturated heterocycles. The van der Waals surface area contributed by atoms with Gasteiger partial charge in [0.25, 0.3) is 5.91 Å². The molecule has 1 amide bonds. The van der Waals surface area contributed by atoms with Crippen molar-refractivity contribution in [1.82, 2.24) is 15.0 Å². The fourth-order valence-corrected chi connectivity index (χ4v) is 3.49. The Hall–Kier alpha value is -3.23. The fourth-order valence-electron chi connectivity index (χ4n) is 3.49. The van der Waals surface area contributed by atoms with Crippen LogP contribution in [0.4, 0.5) is 17.6 Å². The van der Waals surface area contributed by atoms with Crippen molar-refractivity contribution < 1.29 is 26.9 Å². The molecule has 0 saturated carbocycles. The van der Waals surface area contributed by atoms with Gasteiger partial charge in [-0.2, -0.15) is 18.2 Å². The molecule has 1 atom stereocenters.